The summed E-state index contributed by atoms with van der Waals surface area (Å²) in [5.41, 5.74) is 3.33. The molecule has 0 aliphatic carbocycles. The highest BCUT2D eigenvalue weighted by Gasteiger charge is 2.24. The van der Waals surface area contributed by atoms with Crippen LogP contribution in [0.3, 0.4) is 0 Å². The van der Waals surface area contributed by atoms with Gasteiger partial charge in [-0.05, 0) is 36.6 Å². The van der Waals surface area contributed by atoms with E-state index in [-0.39, 0.29) is 11.9 Å². The van der Waals surface area contributed by atoms with Crippen LogP contribution in [0.2, 0.25) is 0 Å². The molecule has 0 aromatic heterocycles. The molecule has 0 unspecified atom stereocenters. The number of piperazine rings is 1. The molecular formula is C22H30N3O2+. The van der Waals surface area contributed by atoms with Gasteiger partial charge in [-0.15, -0.1) is 0 Å². The Morgan fingerprint density at radius 1 is 1.15 bits per heavy atom. The van der Waals surface area contributed by atoms with E-state index in [4.69, 9.17) is 0 Å². The SMILES string of the molecule is CCc1ccc([C@@H](C)NC(=O)C[NH+]2CCN(c3ccccc3O)CC2)cc1. The predicted molar refractivity (Wildman–Crippen MR) is 108 cm³/mol. The van der Waals surface area contributed by atoms with Crippen LogP contribution in [0.5, 0.6) is 5.75 Å². The molecule has 2 aromatic carbocycles. The second kappa shape index (κ2) is 8.91. The minimum atomic E-state index is 0.0189. The minimum absolute atomic E-state index is 0.0189. The van der Waals surface area contributed by atoms with E-state index in [0.29, 0.717) is 12.3 Å². The number of nitrogens with zero attached hydrogens (tertiary/aromatic N) is 1. The molecule has 1 amide bonds. The number of aryl methyl sites for hydroxylation is 1. The molecule has 1 saturated heterocycles. The summed E-state index contributed by atoms with van der Waals surface area (Å²) < 4.78 is 0. The second-order valence-corrected chi connectivity index (χ2v) is 7.29. The van der Waals surface area contributed by atoms with Gasteiger partial charge in [-0.2, -0.15) is 0 Å². The highest BCUT2D eigenvalue weighted by atomic mass is 16.3. The summed E-state index contributed by atoms with van der Waals surface area (Å²) in [6.07, 6.45) is 1.02. The topological polar surface area (TPSA) is 57.0 Å². The van der Waals surface area contributed by atoms with E-state index >= 15 is 0 Å². The Morgan fingerprint density at radius 3 is 2.44 bits per heavy atom. The Morgan fingerprint density at radius 2 is 1.81 bits per heavy atom. The molecule has 1 heterocycles. The van der Waals surface area contributed by atoms with Crippen LogP contribution in [-0.2, 0) is 11.2 Å². The molecule has 3 rings (SSSR count). The third-order valence-electron chi connectivity index (χ3n) is 5.37. The average molecular weight is 369 g/mol. The van der Waals surface area contributed by atoms with Crippen molar-refractivity contribution in [3.63, 3.8) is 0 Å². The fourth-order valence-electron chi connectivity index (χ4n) is 3.62. The molecular weight excluding hydrogens is 338 g/mol. The third-order valence-corrected chi connectivity index (χ3v) is 5.37. The van der Waals surface area contributed by atoms with Crippen molar-refractivity contribution < 1.29 is 14.8 Å². The van der Waals surface area contributed by atoms with E-state index in [1.807, 2.05) is 25.1 Å². The number of benzene rings is 2. The van der Waals surface area contributed by atoms with Crippen molar-refractivity contribution in [1.29, 1.82) is 0 Å². The monoisotopic (exact) mass is 368 g/mol. The van der Waals surface area contributed by atoms with Crippen LogP contribution in [0.25, 0.3) is 0 Å². The molecule has 0 radical (unpaired) electrons. The maximum Gasteiger partial charge on any atom is 0.275 e. The number of hydrogen-bond donors (Lipinski definition) is 3. The Hall–Kier alpha value is -2.53. The first-order valence-corrected chi connectivity index (χ1v) is 9.81. The quantitative estimate of drug-likeness (QED) is 0.725. The number of nitrogens with one attached hydrogen (secondary N) is 2. The van der Waals surface area contributed by atoms with Crippen LogP contribution in [-0.4, -0.2) is 43.7 Å². The normalized spacial score (nSPS) is 16.1. The number of carbonyl (C=O) groups is 1. The summed E-state index contributed by atoms with van der Waals surface area (Å²) >= 11 is 0. The molecule has 0 bridgehead atoms. The van der Waals surface area contributed by atoms with E-state index in [0.717, 1.165) is 43.9 Å². The molecule has 1 aliphatic rings. The van der Waals surface area contributed by atoms with Gasteiger partial charge in [-0.1, -0.05) is 43.3 Å². The largest absolute Gasteiger partial charge is 0.506 e. The zero-order valence-electron chi connectivity index (χ0n) is 16.2. The van der Waals surface area contributed by atoms with Gasteiger partial charge in [0.2, 0.25) is 0 Å². The van der Waals surface area contributed by atoms with Gasteiger partial charge in [0.15, 0.2) is 6.54 Å². The molecule has 3 N–H and O–H groups in total. The fraction of sp³-hybridized carbons (Fsp3) is 0.409. The van der Waals surface area contributed by atoms with Crippen molar-refractivity contribution in [1.82, 2.24) is 5.32 Å². The molecule has 5 nitrogen and oxygen atoms in total. The van der Waals surface area contributed by atoms with E-state index in [1.165, 1.54) is 10.5 Å². The maximum atomic E-state index is 12.4. The number of aromatic hydroxyl groups is 1. The first-order valence-electron chi connectivity index (χ1n) is 9.81. The van der Waals surface area contributed by atoms with E-state index in [1.54, 1.807) is 6.07 Å². The van der Waals surface area contributed by atoms with Crippen molar-refractivity contribution in [3.05, 3.63) is 59.7 Å². The van der Waals surface area contributed by atoms with Crippen LogP contribution in [0.15, 0.2) is 48.5 Å². The van der Waals surface area contributed by atoms with Crippen LogP contribution >= 0.6 is 0 Å². The number of para-hydroxylation sites is 2. The molecule has 1 aliphatic heterocycles. The summed E-state index contributed by atoms with van der Waals surface area (Å²) in [5, 5.41) is 13.1. The van der Waals surface area contributed by atoms with Crippen molar-refractivity contribution in [2.75, 3.05) is 37.6 Å². The van der Waals surface area contributed by atoms with Crippen LogP contribution < -0.4 is 15.1 Å². The van der Waals surface area contributed by atoms with Gasteiger partial charge in [-0.3, -0.25) is 4.79 Å². The number of amides is 1. The lowest BCUT2D eigenvalue weighted by Gasteiger charge is -2.33. The van der Waals surface area contributed by atoms with E-state index in [9.17, 15) is 9.90 Å². The Bertz CT molecular complexity index is 752. The molecule has 1 atom stereocenters. The lowest BCUT2D eigenvalue weighted by molar-refractivity contribution is -0.892. The van der Waals surface area contributed by atoms with Gasteiger partial charge in [0.05, 0.1) is 37.9 Å². The summed E-state index contributed by atoms with van der Waals surface area (Å²) in [6, 6.07) is 15.9. The highest BCUT2D eigenvalue weighted by Crippen LogP contribution is 2.25. The minimum Gasteiger partial charge on any atom is -0.506 e. The molecule has 2 aromatic rings. The smallest absolute Gasteiger partial charge is 0.275 e. The van der Waals surface area contributed by atoms with Gasteiger partial charge in [-0.25, -0.2) is 0 Å². The molecule has 0 saturated carbocycles. The molecule has 1 fully saturated rings. The number of rotatable bonds is 6. The highest BCUT2D eigenvalue weighted by molar-refractivity contribution is 5.77. The van der Waals surface area contributed by atoms with E-state index < -0.39 is 0 Å². The first kappa shape index (κ1) is 19.2. The first-order chi connectivity index (χ1) is 13.1. The van der Waals surface area contributed by atoms with Crippen LogP contribution in [0, 0.1) is 0 Å². The summed E-state index contributed by atoms with van der Waals surface area (Å²) in [5.74, 6) is 0.412. The Kier molecular flexibility index (Phi) is 6.35. The Balaban J connectivity index is 1.47. The van der Waals surface area contributed by atoms with Gasteiger partial charge >= 0.3 is 0 Å². The van der Waals surface area contributed by atoms with Crippen molar-refractivity contribution >= 4 is 11.6 Å². The van der Waals surface area contributed by atoms with Crippen LogP contribution in [0.4, 0.5) is 5.69 Å². The van der Waals surface area contributed by atoms with Gasteiger partial charge in [0, 0.05) is 0 Å². The standard InChI is InChI=1S/C22H29N3O2/c1-3-18-8-10-19(11-9-18)17(2)23-22(27)16-24-12-14-25(15-13-24)20-6-4-5-7-21(20)26/h4-11,17,26H,3,12-16H2,1-2H3,(H,23,27)/p+1/t17-/m1/s1. The van der Waals surface area contributed by atoms with Gasteiger partial charge in [0.25, 0.3) is 5.91 Å². The Labute approximate surface area is 161 Å². The van der Waals surface area contributed by atoms with Gasteiger partial charge in [0.1, 0.15) is 5.75 Å². The number of carbonyl (C=O) groups excluding carboxylic acids is 1. The molecule has 144 valence electrons. The lowest BCUT2D eigenvalue weighted by Crippen LogP contribution is -3.15. The fourth-order valence-corrected chi connectivity index (χ4v) is 3.62. The van der Waals surface area contributed by atoms with Gasteiger partial charge < -0.3 is 20.2 Å². The summed E-state index contributed by atoms with van der Waals surface area (Å²) in [4.78, 5) is 15.9. The lowest BCUT2D eigenvalue weighted by atomic mass is 10.1. The van der Waals surface area contributed by atoms with Crippen molar-refractivity contribution in [3.8, 4) is 5.75 Å². The van der Waals surface area contributed by atoms with E-state index in [2.05, 4.69) is 41.4 Å². The average Bonchev–Trinajstić information content (AvgIpc) is 2.69. The number of phenolic OH excluding ortho intramolecular Hbond substituents is 1. The molecule has 5 heteroatoms. The zero-order valence-corrected chi connectivity index (χ0v) is 16.2. The number of hydrogen-bond acceptors (Lipinski definition) is 3. The second-order valence-electron chi connectivity index (χ2n) is 7.29. The van der Waals surface area contributed by atoms with Crippen molar-refractivity contribution in [2.45, 2.75) is 26.3 Å². The number of anilines is 1. The number of phenols is 1. The summed E-state index contributed by atoms with van der Waals surface area (Å²) in [6.45, 7) is 8.13. The zero-order chi connectivity index (χ0) is 19.2. The summed E-state index contributed by atoms with van der Waals surface area (Å²) in [7, 11) is 0. The predicted octanol–water partition coefficient (Wildman–Crippen LogP) is 1.54. The third kappa shape index (κ3) is 5.01. The maximum absolute atomic E-state index is 12.4. The van der Waals surface area contributed by atoms with Crippen molar-refractivity contribution in [2.24, 2.45) is 0 Å². The molecule has 0 spiro atoms. The molecule has 27 heavy (non-hydrogen) atoms. The van der Waals surface area contributed by atoms with Crippen LogP contribution in [0.1, 0.15) is 31.0 Å². The number of quaternary nitrogens is 1.